The van der Waals surface area contributed by atoms with Crippen molar-refractivity contribution in [3.63, 3.8) is 0 Å². The summed E-state index contributed by atoms with van der Waals surface area (Å²) in [5.41, 5.74) is 3.60. The zero-order valence-electron chi connectivity index (χ0n) is 21.1. The van der Waals surface area contributed by atoms with Crippen molar-refractivity contribution in [2.75, 3.05) is 5.32 Å². The summed E-state index contributed by atoms with van der Waals surface area (Å²) in [6.07, 6.45) is -0.0514. The molecule has 1 heterocycles. The summed E-state index contributed by atoms with van der Waals surface area (Å²) in [6, 6.07) is 20.3. The number of nitrogens with zero attached hydrogens (tertiary/aromatic N) is 3. The zero-order chi connectivity index (χ0) is 26.7. The van der Waals surface area contributed by atoms with Gasteiger partial charge in [-0.1, -0.05) is 36.4 Å². The topological polar surface area (TPSA) is 114 Å². The molecule has 2 amide bonds. The van der Waals surface area contributed by atoms with Crippen LogP contribution in [0.4, 0.5) is 16.2 Å². The quantitative estimate of drug-likeness (QED) is 0.329. The molecule has 1 aliphatic heterocycles. The minimum Gasteiger partial charge on any atom is -0.444 e. The van der Waals surface area contributed by atoms with E-state index < -0.39 is 16.6 Å². The standard InChI is InChI=1S/C28H28N4O5/c1-18-16-21(29-27(34)37-28(2,3)4)12-15-23(18)24-17-25(19-8-6-5-7-9-19)31(30-24)26(33)20-10-13-22(14-11-20)32(35)36/h5-16,25H,17H2,1-4H3,(H,29,34). The smallest absolute Gasteiger partial charge is 0.412 e. The van der Waals surface area contributed by atoms with E-state index in [9.17, 15) is 19.7 Å². The Balaban J connectivity index is 1.63. The van der Waals surface area contributed by atoms with Crippen LogP contribution >= 0.6 is 0 Å². The number of non-ortho nitro benzene ring substituents is 1. The number of aryl methyl sites for hydroxylation is 1. The van der Waals surface area contributed by atoms with Gasteiger partial charge < -0.3 is 4.74 Å². The number of hydrogen-bond acceptors (Lipinski definition) is 6. The minimum atomic E-state index is -0.607. The number of nitrogens with one attached hydrogen (secondary N) is 1. The summed E-state index contributed by atoms with van der Waals surface area (Å²) < 4.78 is 5.32. The molecule has 1 atom stereocenters. The van der Waals surface area contributed by atoms with Crippen molar-refractivity contribution < 1.29 is 19.2 Å². The average Bonchev–Trinajstić information content (AvgIpc) is 3.28. The van der Waals surface area contributed by atoms with Crippen LogP contribution in [0, 0.1) is 17.0 Å². The molecule has 4 rings (SSSR count). The first kappa shape index (κ1) is 25.6. The molecule has 190 valence electrons. The lowest BCUT2D eigenvalue weighted by atomic mass is 9.95. The highest BCUT2D eigenvalue weighted by Gasteiger charge is 2.34. The fraction of sp³-hybridized carbons (Fsp3) is 0.250. The van der Waals surface area contributed by atoms with Crippen LogP contribution in [0.15, 0.2) is 77.9 Å². The van der Waals surface area contributed by atoms with Crippen molar-refractivity contribution in [1.82, 2.24) is 5.01 Å². The number of anilines is 1. The Labute approximate surface area is 214 Å². The molecule has 9 heteroatoms. The Morgan fingerprint density at radius 1 is 1.05 bits per heavy atom. The second-order valence-electron chi connectivity index (χ2n) is 9.79. The number of hydrazone groups is 1. The average molecular weight is 501 g/mol. The molecule has 0 bridgehead atoms. The van der Waals surface area contributed by atoms with Gasteiger partial charge >= 0.3 is 6.09 Å². The van der Waals surface area contributed by atoms with Crippen molar-refractivity contribution in [2.45, 2.75) is 45.8 Å². The number of ether oxygens (including phenoxy) is 1. The van der Waals surface area contributed by atoms with Crippen molar-refractivity contribution in [2.24, 2.45) is 5.10 Å². The van der Waals surface area contributed by atoms with Crippen LogP contribution in [0.25, 0.3) is 0 Å². The van der Waals surface area contributed by atoms with Gasteiger partial charge in [-0.05, 0) is 63.1 Å². The van der Waals surface area contributed by atoms with E-state index in [0.29, 0.717) is 17.7 Å². The van der Waals surface area contributed by atoms with Gasteiger partial charge in [0.1, 0.15) is 5.60 Å². The van der Waals surface area contributed by atoms with Crippen molar-refractivity contribution >= 4 is 29.1 Å². The third kappa shape index (κ3) is 6.00. The number of nitro benzene ring substituents is 1. The van der Waals surface area contributed by atoms with Crippen LogP contribution in [0.3, 0.4) is 0 Å². The number of amides is 2. The summed E-state index contributed by atoms with van der Waals surface area (Å²) in [5, 5.41) is 19.9. The summed E-state index contributed by atoms with van der Waals surface area (Å²) in [7, 11) is 0. The molecule has 0 fully saturated rings. The van der Waals surface area contributed by atoms with Crippen molar-refractivity contribution in [3.05, 3.63) is 105 Å². The fourth-order valence-electron chi connectivity index (χ4n) is 4.14. The first-order valence-corrected chi connectivity index (χ1v) is 11.8. The van der Waals surface area contributed by atoms with Crippen molar-refractivity contribution in [3.8, 4) is 0 Å². The van der Waals surface area contributed by atoms with Crippen molar-refractivity contribution in [1.29, 1.82) is 0 Å². The molecule has 0 spiro atoms. The lowest BCUT2D eigenvalue weighted by Gasteiger charge is -2.22. The predicted molar refractivity (Wildman–Crippen MR) is 141 cm³/mol. The maximum Gasteiger partial charge on any atom is 0.412 e. The van der Waals surface area contributed by atoms with Crippen LogP contribution in [-0.2, 0) is 4.74 Å². The van der Waals surface area contributed by atoms with Gasteiger partial charge in [0.25, 0.3) is 11.6 Å². The van der Waals surface area contributed by atoms with E-state index in [1.165, 1.54) is 29.3 Å². The highest BCUT2D eigenvalue weighted by Crippen LogP contribution is 2.35. The van der Waals surface area contributed by atoms with Crippen LogP contribution in [-0.4, -0.2) is 33.2 Å². The molecular weight excluding hydrogens is 472 g/mol. The molecule has 3 aromatic carbocycles. The number of carbonyl (C=O) groups is 2. The second kappa shape index (κ2) is 10.2. The molecular formula is C28H28N4O5. The monoisotopic (exact) mass is 500 g/mol. The Morgan fingerprint density at radius 3 is 2.32 bits per heavy atom. The molecule has 37 heavy (non-hydrogen) atoms. The third-order valence-electron chi connectivity index (χ3n) is 5.81. The largest absolute Gasteiger partial charge is 0.444 e. The number of hydrogen-bond donors (Lipinski definition) is 1. The van der Waals surface area contributed by atoms with E-state index in [1.54, 1.807) is 26.8 Å². The van der Waals surface area contributed by atoms with E-state index in [2.05, 4.69) is 5.32 Å². The van der Waals surface area contributed by atoms with Crippen LogP contribution < -0.4 is 5.32 Å². The molecule has 0 aliphatic carbocycles. The minimum absolute atomic E-state index is 0.0857. The number of carbonyl (C=O) groups excluding carboxylic acids is 2. The molecule has 0 radical (unpaired) electrons. The summed E-state index contributed by atoms with van der Waals surface area (Å²) in [5.74, 6) is -0.348. The Morgan fingerprint density at radius 2 is 1.73 bits per heavy atom. The lowest BCUT2D eigenvalue weighted by Crippen LogP contribution is -2.27. The van der Waals surface area contributed by atoms with Gasteiger partial charge in [0.05, 0.1) is 16.7 Å². The van der Waals surface area contributed by atoms with Gasteiger partial charge in [-0.2, -0.15) is 5.10 Å². The highest BCUT2D eigenvalue weighted by atomic mass is 16.6. The van der Waals surface area contributed by atoms with E-state index in [0.717, 1.165) is 22.4 Å². The highest BCUT2D eigenvalue weighted by molar-refractivity contribution is 6.06. The van der Waals surface area contributed by atoms with Gasteiger partial charge in [0.15, 0.2) is 0 Å². The molecule has 3 aromatic rings. The first-order valence-electron chi connectivity index (χ1n) is 11.8. The normalized spacial score (nSPS) is 15.2. The zero-order valence-corrected chi connectivity index (χ0v) is 21.1. The summed E-state index contributed by atoms with van der Waals surface area (Å²) in [4.78, 5) is 36.1. The van der Waals surface area contributed by atoms with Gasteiger partial charge in [-0.3, -0.25) is 20.2 Å². The Hall–Kier alpha value is -4.53. The van der Waals surface area contributed by atoms with Gasteiger partial charge in [-0.25, -0.2) is 9.80 Å². The van der Waals surface area contributed by atoms with Crippen LogP contribution in [0.5, 0.6) is 0 Å². The molecule has 0 aromatic heterocycles. The lowest BCUT2D eigenvalue weighted by molar-refractivity contribution is -0.384. The second-order valence-corrected chi connectivity index (χ2v) is 9.79. The first-order chi connectivity index (χ1) is 17.5. The predicted octanol–water partition coefficient (Wildman–Crippen LogP) is 6.24. The summed E-state index contributed by atoms with van der Waals surface area (Å²) in [6.45, 7) is 7.31. The van der Waals surface area contributed by atoms with Crippen LogP contribution in [0.2, 0.25) is 0 Å². The maximum atomic E-state index is 13.5. The molecule has 0 saturated heterocycles. The Kier molecular flexibility index (Phi) is 7.06. The van der Waals surface area contributed by atoms with E-state index in [1.807, 2.05) is 49.4 Å². The summed E-state index contributed by atoms with van der Waals surface area (Å²) >= 11 is 0. The molecule has 1 aliphatic rings. The SMILES string of the molecule is Cc1cc(NC(=O)OC(C)(C)C)ccc1C1=NN(C(=O)c2ccc([N+](=O)[O-])cc2)C(c2ccccc2)C1. The van der Waals surface area contributed by atoms with Gasteiger partial charge in [0, 0.05) is 35.4 Å². The van der Waals surface area contributed by atoms with Crippen LogP contribution in [0.1, 0.15) is 60.3 Å². The Bertz CT molecular complexity index is 1360. The van der Waals surface area contributed by atoms with E-state index >= 15 is 0 Å². The van der Waals surface area contributed by atoms with E-state index in [4.69, 9.17) is 9.84 Å². The number of benzene rings is 3. The molecule has 1 N–H and O–H groups in total. The maximum absolute atomic E-state index is 13.5. The van der Waals surface area contributed by atoms with Gasteiger partial charge in [0.2, 0.25) is 0 Å². The van der Waals surface area contributed by atoms with E-state index in [-0.39, 0.29) is 17.6 Å². The number of rotatable bonds is 5. The molecule has 9 nitrogen and oxygen atoms in total. The number of nitro groups is 1. The third-order valence-corrected chi connectivity index (χ3v) is 5.81. The molecule has 0 saturated carbocycles. The molecule has 1 unspecified atom stereocenters. The fourth-order valence-corrected chi connectivity index (χ4v) is 4.14. The van der Waals surface area contributed by atoms with Gasteiger partial charge in [-0.15, -0.1) is 0 Å².